The highest BCUT2D eigenvalue weighted by molar-refractivity contribution is 8.02. The van der Waals surface area contributed by atoms with E-state index in [2.05, 4.69) is 57.0 Å². The van der Waals surface area contributed by atoms with Gasteiger partial charge >= 0.3 is 0 Å². The molecule has 1 fully saturated rings. The van der Waals surface area contributed by atoms with Crippen LogP contribution in [-0.2, 0) is 37.8 Å². The Balaban J connectivity index is 1.25. The lowest BCUT2D eigenvalue weighted by molar-refractivity contribution is -0.675. The molecule has 7 rings (SSSR count). The maximum absolute atomic E-state index is 14.5. The molecule has 0 radical (unpaired) electrons. The average Bonchev–Trinajstić information content (AvgIpc) is 3.71. The molecule has 0 amide bonds. The number of Topliss-reactive ketones (excluding diaryl/α,β-unsaturated/α-hetero) is 1. The minimum absolute atomic E-state index is 0.0300. The van der Waals surface area contributed by atoms with Crippen LogP contribution in [0.4, 0.5) is 11.4 Å². The molecule has 4 aromatic rings. The van der Waals surface area contributed by atoms with E-state index in [1.165, 1.54) is 0 Å². The Morgan fingerprint density at radius 2 is 1.56 bits per heavy atom. The Labute approximate surface area is 336 Å². The van der Waals surface area contributed by atoms with Crippen molar-refractivity contribution in [1.82, 2.24) is 4.57 Å². The summed E-state index contributed by atoms with van der Waals surface area (Å²) in [6, 6.07) is 23.8. The zero-order chi connectivity index (χ0) is 40.2. The largest absolute Gasteiger partial charge is 0.485 e. The first-order valence-corrected chi connectivity index (χ1v) is 20.3. The number of carbonyl (C=O) groups is 1. The van der Waals surface area contributed by atoms with E-state index in [1.807, 2.05) is 48.6 Å². The number of nitrogens with zero attached hydrogens (tertiary/aromatic N) is 4. The van der Waals surface area contributed by atoms with Crippen LogP contribution in [0.3, 0.4) is 0 Å². The molecular weight excluding hydrogens is 749 g/mol. The Bertz CT molecular complexity index is 2170. The molecule has 2 unspecified atom stereocenters. The molecule has 2 aliphatic heterocycles. The quantitative estimate of drug-likeness (QED) is 0.0966. The van der Waals surface area contributed by atoms with Crippen molar-refractivity contribution in [3.05, 3.63) is 112 Å². The van der Waals surface area contributed by atoms with E-state index < -0.39 is 37.3 Å². The summed E-state index contributed by atoms with van der Waals surface area (Å²) >= 11 is 1.59. The molecule has 4 N–H and O–H groups in total. The predicted octanol–water partition coefficient (Wildman–Crippen LogP) is 3.76. The van der Waals surface area contributed by atoms with Crippen LogP contribution < -0.4 is 19.1 Å². The van der Waals surface area contributed by atoms with Gasteiger partial charge in [0.25, 0.3) is 5.82 Å². The first kappa shape index (κ1) is 40.7. The fourth-order valence-corrected chi connectivity index (χ4v) is 8.85. The first-order chi connectivity index (χ1) is 27.7. The van der Waals surface area contributed by atoms with Crippen LogP contribution in [0.15, 0.2) is 101 Å². The Morgan fingerprint density at radius 3 is 2.25 bits per heavy atom. The number of imidazole rings is 1. The zero-order valence-corrected chi connectivity index (χ0v) is 33.5. The van der Waals surface area contributed by atoms with Crippen LogP contribution in [0.2, 0.25) is 0 Å². The number of ketones is 1. The van der Waals surface area contributed by atoms with Gasteiger partial charge < -0.3 is 49.2 Å². The van der Waals surface area contributed by atoms with E-state index in [0.717, 1.165) is 44.5 Å². The Hall–Kier alpha value is -4.51. The van der Waals surface area contributed by atoms with Crippen molar-refractivity contribution in [2.75, 3.05) is 56.9 Å². The minimum Gasteiger partial charge on any atom is -0.485 e. The topological polar surface area (TPSA) is 150 Å². The highest BCUT2D eigenvalue weighted by atomic mass is 32.2. The van der Waals surface area contributed by atoms with Crippen molar-refractivity contribution in [2.45, 2.75) is 63.4 Å². The molecule has 5 atom stereocenters. The van der Waals surface area contributed by atoms with Crippen LogP contribution in [-0.4, -0.2) is 109 Å². The van der Waals surface area contributed by atoms with Crippen LogP contribution >= 0.6 is 11.8 Å². The number of aryl methyl sites for hydroxylation is 1. The minimum atomic E-state index is -1.63. The van der Waals surface area contributed by atoms with E-state index >= 15 is 0 Å². The summed E-state index contributed by atoms with van der Waals surface area (Å²) < 4.78 is 26.7. The number of benzene rings is 3. The molecule has 302 valence electrons. The molecule has 0 spiro atoms. The van der Waals surface area contributed by atoms with Gasteiger partial charge in [0, 0.05) is 55.2 Å². The van der Waals surface area contributed by atoms with Gasteiger partial charge in [0.1, 0.15) is 36.4 Å². The number of allylic oxidation sites excluding steroid dienone is 3. The maximum Gasteiger partial charge on any atom is 0.283 e. The molecule has 1 saturated heterocycles. The fraction of sp³-hybridized carbons (Fsp3) is 0.395. The monoisotopic (exact) mass is 799 g/mol. The van der Waals surface area contributed by atoms with E-state index in [1.54, 1.807) is 38.1 Å². The number of para-hydroxylation sites is 4. The van der Waals surface area contributed by atoms with Gasteiger partial charge in [0.15, 0.2) is 29.2 Å². The molecular formula is C43H51N4O9S+. The fourth-order valence-electron chi connectivity index (χ4n) is 7.74. The van der Waals surface area contributed by atoms with Gasteiger partial charge in [-0.05, 0) is 61.9 Å². The van der Waals surface area contributed by atoms with Gasteiger partial charge in [0.2, 0.25) is 0 Å². The molecule has 3 heterocycles. The Morgan fingerprint density at radius 1 is 0.860 bits per heavy atom. The lowest BCUT2D eigenvalue weighted by Gasteiger charge is -2.40. The molecule has 0 saturated carbocycles. The van der Waals surface area contributed by atoms with E-state index in [-0.39, 0.29) is 5.78 Å². The summed E-state index contributed by atoms with van der Waals surface area (Å²) in [6.45, 7) is 7.40. The van der Waals surface area contributed by atoms with Crippen molar-refractivity contribution in [3.8, 4) is 5.75 Å². The third-order valence-electron chi connectivity index (χ3n) is 10.6. The van der Waals surface area contributed by atoms with Crippen LogP contribution in [0, 0.1) is 0 Å². The standard InChI is InChI=1S/C43H51N4O9S/c1-5-44-31-11-7-9-13-33(31)46(19-21-53-3)36(44)23-29-38(49)30(24-37-45(6-2)32-12-8-10-14-34(32)47(37)20-22-54-4)42(29)57-26-27-15-17-28(18-16-27)55-41-35(25-48)56-43(52)40(51)39(41)50/h7-18,23-24,35,39-41,43,48,50-52H,5-6,19-22,25-26H2,1-4H3/q+1/t35?,39-,40?,41+,43-/m0/s1. The predicted molar refractivity (Wildman–Crippen MR) is 219 cm³/mol. The zero-order valence-electron chi connectivity index (χ0n) is 32.7. The molecule has 3 aromatic carbocycles. The molecule has 1 aliphatic carbocycles. The Kier molecular flexibility index (Phi) is 12.8. The number of hydrogen-bond acceptors (Lipinski definition) is 12. The number of thioether (sulfide) groups is 1. The summed E-state index contributed by atoms with van der Waals surface area (Å²) in [5, 5.41) is 40.4. The normalized spacial score (nSPS) is 23.6. The van der Waals surface area contributed by atoms with Gasteiger partial charge in [-0.1, -0.05) is 36.4 Å². The number of anilines is 2. The maximum atomic E-state index is 14.5. The number of aromatic nitrogens is 2. The third kappa shape index (κ3) is 7.88. The first-order valence-electron chi connectivity index (χ1n) is 19.3. The second-order valence-corrected chi connectivity index (χ2v) is 15.0. The van der Waals surface area contributed by atoms with Crippen LogP contribution in [0.1, 0.15) is 25.2 Å². The van der Waals surface area contributed by atoms with Crippen LogP contribution in [0.5, 0.6) is 5.75 Å². The van der Waals surface area contributed by atoms with Crippen LogP contribution in [0.25, 0.3) is 17.1 Å². The van der Waals surface area contributed by atoms with Crippen molar-refractivity contribution < 1.29 is 48.7 Å². The number of fused-ring (bicyclic) bond motifs is 2. The molecule has 57 heavy (non-hydrogen) atoms. The summed E-state index contributed by atoms with van der Waals surface area (Å²) in [7, 11) is 3.38. The third-order valence-corrected chi connectivity index (χ3v) is 11.9. The van der Waals surface area contributed by atoms with Crippen molar-refractivity contribution in [1.29, 1.82) is 0 Å². The van der Waals surface area contributed by atoms with Crippen molar-refractivity contribution in [3.63, 3.8) is 0 Å². The lowest BCUT2D eigenvalue weighted by atomic mass is 9.89. The van der Waals surface area contributed by atoms with Gasteiger partial charge in [-0.15, -0.1) is 11.8 Å². The number of carbonyl (C=O) groups excluding carboxylic acids is 1. The summed E-state index contributed by atoms with van der Waals surface area (Å²) in [4.78, 5) is 19.8. The van der Waals surface area contributed by atoms with Crippen molar-refractivity contribution in [2.24, 2.45) is 0 Å². The second kappa shape index (κ2) is 18.0. The van der Waals surface area contributed by atoms with E-state index in [4.69, 9.17) is 18.9 Å². The smallest absolute Gasteiger partial charge is 0.283 e. The molecule has 0 bridgehead atoms. The number of rotatable bonds is 16. The van der Waals surface area contributed by atoms with Gasteiger partial charge in [-0.2, -0.15) is 0 Å². The van der Waals surface area contributed by atoms with E-state index in [9.17, 15) is 25.2 Å². The van der Waals surface area contributed by atoms with Gasteiger partial charge in [0.05, 0.1) is 37.7 Å². The second-order valence-electron chi connectivity index (χ2n) is 14.0. The van der Waals surface area contributed by atoms with Gasteiger partial charge in [-0.3, -0.25) is 4.79 Å². The highest BCUT2D eigenvalue weighted by Gasteiger charge is 2.45. The molecule has 13 nitrogen and oxygen atoms in total. The molecule has 14 heteroatoms. The summed E-state index contributed by atoms with van der Waals surface area (Å²) in [5.74, 6) is 2.74. The number of ether oxygens (including phenoxy) is 4. The number of aliphatic hydroxyl groups excluding tert-OH is 4. The molecule has 3 aliphatic rings. The summed E-state index contributed by atoms with van der Waals surface area (Å²) in [6.07, 6.45) is -2.77. The SMILES string of the molecule is CCN1C(=CC2=C(SCc3ccc(O[C@@H]4C(CO)O[C@H](O)C(O)[C@@H]4O)cc3)C(=Cc3n(CC)c4ccccc4[n+]3CCOC)C2=O)N(CCOC)c2ccccc21. The highest BCUT2D eigenvalue weighted by Crippen LogP contribution is 2.46. The number of aliphatic hydroxyl groups is 4. The number of hydrogen-bond donors (Lipinski definition) is 4. The van der Waals surface area contributed by atoms with Crippen molar-refractivity contribution >= 4 is 46.0 Å². The van der Waals surface area contributed by atoms with Gasteiger partial charge in [-0.25, -0.2) is 9.13 Å². The number of methoxy groups -OCH3 is 2. The average molecular weight is 800 g/mol. The lowest BCUT2D eigenvalue weighted by Crippen LogP contribution is -2.60. The van der Waals surface area contributed by atoms with E-state index in [0.29, 0.717) is 62.0 Å². The summed E-state index contributed by atoms with van der Waals surface area (Å²) in [5.41, 5.74) is 6.53. The molecule has 1 aromatic heterocycles.